The second kappa shape index (κ2) is 7.02. The first-order valence-electron chi connectivity index (χ1n) is 7.26. The zero-order valence-corrected chi connectivity index (χ0v) is 13.0. The van der Waals surface area contributed by atoms with Crippen LogP contribution < -0.4 is 15.2 Å². The predicted molar refractivity (Wildman–Crippen MR) is 87.1 cm³/mol. The maximum atomic E-state index is 5.85. The zero-order chi connectivity index (χ0) is 15.2. The second-order valence-electron chi connectivity index (χ2n) is 5.27. The first-order chi connectivity index (χ1) is 10.1. The van der Waals surface area contributed by atoms with Crippen LogP contribution in [0.4, 0.5) is 5.69 Å². The second-order valence-corrected chi connectivity index (χ2v) is 5.27. The molecule has 3 heteroatoms. The number of benzene rings is 2. The summed E-state index contributed by atoms with van der Waals surface area (Å²) in [5.74, 6) is 1.76. The number of hydrogen-bond acceptors (Lipinski definition) is 3. The fourth-order valence-electron chi connectivity index (χ4n) is 2.02. The van der Waals surface area contributed by atoms with Gasteiger partial charge in [0.2, 0.25) is 0 Å². The van der Waals surface area contributed by atoms with E-state index in [9.17, 15) is 0 Å². The number of ether oxygens (including phenoxy) is 2. The lowest BCUT2D eigenvalue weighted by molar-refractivity contribution is 0.246. The Balaban J connectivity index is 1.75. The highest BCUT2D eigenvalue weighted by Gasteiger charge is 2.02. The van der Waals surface area contributed by atoms with E-state index in [1.165, 1.54) is 11.1 Å². The Morgan fingerprint density at radius 3 is 2.43 bits per heavy atom. The van der Waals surface area contributed by atoms with E-state index in [1.807, 2.05) is 31.2 Å². The molecule has 21 heavy (non-hydrogen) atoms. The monoisotopic (exact) mass is 285 g/mol. The maximum Gasteiger partial charge on any atom is 0.124 e. The smallest absolute Gasteiger partial charge is 0.124 e. The Bertz CT molecular complexity index is 608. The van der Waals surface area contributed by atoms with E-state index in [-0.39, 0.29) is 0 Å². The summed E-state index contributed by atoms with van der Waals surface area (Å²) in [6.07, 6.45) is 0.834. The summed E-state index contributed by atoms with van der Waals surface area (Å²) >= 11 is 0. The highest BCUT2D eigenvalue weighted by Crippen LogP contribution is 2.23. The Morgan fingerprint density at radius 1 is 0.905 bits per heavy atom. The average molecular weight is 285 g/mol. The molecule has 0 saturated heterocycles. The van der Waals surface area contributed by atoms with E-state index in [1.54, 1.807) is 0 Å². The molecule has 0 aliphatic rings. The van der Waals surface area contributed by atoms with Crippen molar-refractivity contribution in [2.75, 3.05) is 18.9 Å². The van der Waals surface area contributed by atoms with Crippen LogP contribution in [0.3, 0.4) is 0 Å². The molecule has 0 aliphatic carbocycles. The summed E-state index contributed by atoms with van der Waals surface area (Å²) < 4.78 is 11.5. The van der Waals surface area contributed by atoms with Crippen LogP contribution in [0.15, 0.2) is 36.4 Å². The van der Waals surface area contributed by atoms with Crippen LogP contribution in [0.1, 0.15) is 23.1 Å². The van der Waals surface area contributed by atoms with Crippen molar-refractivity contribution in [1.29, 1.82) is 0 Å². The molecular weight excluding hydrogens is 262 g/mol. The molecule has 0 spiro atoms. The summed E-state index contributed by atoms with van der Waals surface area (Å²) in [4.78, 5) is 0. The summed E-state index contributed by atoms with van der Waals surface area (Å²) in [5.41, 5.74) is 10.1. The summed E-state index contributed by atoms with van der Waals surface area (Å²) in [7, 11) is 0. The highest BCUT2D eigenvalue weighted by molar-refractivity contribution is 5.53. The molecule has 0 fully saturated rings. The fraction of sp³-hybridized carbons (Fsp3) is 0.333. The van der Waals surface area contributed by atoms with Gasteiger partial charge >= 0.3 is 0 Å². The van der Waals surface area contributed by atoms with E-state index >= 15 is 0 Å². The molecule has 0 amide bonds. The van der Waals surface area contributed by atoms with Crippen LogP contribution in [-0.4, -0.2) is 13.2 Å². The minimum Gasteiger partial charge on any atom is -0.493 e. The van der Waals surface area contributed by atoms with Gasteiger partial charge in [0.25, 0.3) is 0 Å². The summed E-state index contributed by atoms with van der Waals surface area (Å²) in [5, 5.41) is 0. The van der Waals surface area contributed by atoms with Crippen molar-refractivity contribution in [3.8, 4) is 11.5 Å². The quantitative estimate of drug-likeness (QED) is 0.643. The van der Waals surface area contributed by atoms with Gasteiger partial charge in [-0.25, -0.2) is 0 Å². The van der Waals surface area contributed by atoms with Gasteiger partial charge in [-0.3, -0.25) is 0 Å². The molecule has 0 bridgehead atoms. The normalized spacial score (nSPS) is 10.4. The van der Waals surface area contributed by atoms with Gasteiger partial charge in [0, 0.05) is 17.7 Å². The van der Waals surface area contributed by atoms with Crippen molar-refractivity contribution in [3.05, 3.63) is 53.1 Å². The molecule has 0 saturated carbocycles. The molecule has 0 aliphatic heterocycles. The first kappa shape index (κ1) is 15.2. The third-order valence-electron chi connectivity index (χ3n) is 3.62. The van der Waals surface area contributed by atoms with Crippen molar-refractivity contribution >= 4 is 5.69 Å². The van der Waals surface area contributed by atoms with Gasteiger partial charge < -0.3 is 15.2 Å². The molecule has 0 radical (unpaired) electrons. The van der Waals surface area contributed by atoms with Gasteiger partial charge in [-0.15, -0.1) is 0 Å². The van der Waals surface area contributed by atoms with E-state index in [4.69, 9.17) is 15.2 Å². The van der Waals surface area contributed by atoms with E-state index < -0.39 is 0 Å². The summed E-state index contributed by atoms with van der Waals surface area (Å²) in [6, 6.07) is 11.9. The van der Waals surface area contributed by atoms with E-state index in [0.29, 0.717) is 13.2 Å². The molecule has 2 N–H and O–H groups in total. The molecule has 2 aromatic carbocycles. The molecule has 112 valence electrons. The van der Waals surface area contributed by atoms with Gasteiger partial charge in [-0.2, -0.15) is 0 Å². The lowest BCUT2D eigenvalue weighted by atomic mass is 10.1. The number of hydrogen-bond donors (Lipinski definition) is 1. The van der Waals surface area contributed by atoms with Crippen LogP contribution >= 0.6 is 0 Å². The van der Waals surface area contributed by atoms with Crippen LogP contribution in [0.25, 0.3) is 0 Å². The van der Waals surface area contributed by atoms with Crippen molar-refractivity contribution < 1.29 is 9.47 Å². The largest absolute Gasteiger partial charge is 0.493 e. The third kappa shape index (κ3) is 4.15. The average Bonchev–Trinajstić information content (AvgIpc) is 2.46. The number of nitrogens with two attached hydrogens (primary N) is 1. The Labute approximate surface area is 126 Å². The Kier molecular flexibility index (Phi) is 5.09. The summed E-state index contributed by atoms with van der Waals surface area (Å²) in [6.45, 7) is 7.42. The van der Waals surface area contributed by atoms with Gasteiger partial charge in [-0.1, -0.05) is 12.1 Å². The third-order valence-corrected chi connectivity index (χ3v) is 3.62. The molecule has 3 nitrogen and oxygen atoms in total. The topological polar surface area (TPSA) is 44.5 Å². The van der Waals surface area contributed by atoms with Gasteiger partial charge in [0.05, 0.1) is 13.2 Å². The minimum absolute atomic E-state index is 0.620. The lowest BCUT2D eigenvalue weighted by Crippen LogP contribution is -2.06. The zero-order valence-electron chi connectivity index (χ0n) is 13.0. The van der Waals surface area contributed by atoms with Crippen molar-refractivity contribution in [3.63, 3.8) is 0 Å². The molecule has 2 rings (SSSR count). The highest BCUT2D eigenvalue weighted by atomic mass is 16.5. The first-order valence-corrected chi connectivity index (χ1v) is 7.26. The van der Waals surface area contributed by atoms with Crippen LogP contribution in [0.2, 0.25) is 0 Å². The Morgan fingerprint density at radius 2 is 1.67 bits per heavy atom. The minimum atomic E-state index is 0.620. The van der Waals surface area contributed by atoms with Crippen LogP contribution in [0.5, 0.6) is 11.5 Å². The van der Waals surface area contributed by atoms with Crippen LogP contribution in [0, 0.1) is 20.8 Å². The predicted octanol–water partition coefficient (Wildman–Crippen LogP) is 4.04. The van der Waals surface area contributed by atoms with Gasteiger partial charge in [-0.05, 0) is 56.2 Å². The Hall–Kier alpha value is -2.16. The lowest BCUT2D eigenvalue weighted by Gasteiger charge is -2.11. The number of aryl methyl sites for hydroxylation is 2. The molecule has 0 atom stereocenters. The molecule has 0 aromatic heterocycles. The van der Waals surface area contributed by atoms with Gasteiger partial charge in [0.1, 0.15) is 11.5 Å². The SMILES string of the molecule is Cc1ccc(OCCCOc2cccc(N)c2C)cc1C. The van der Waals surface area contributed by atoms with E-state index in [2.05, 4.69) is 26.0 Å². The molecule has 2 aromatic rings. The molecule has 0 unspecified atom stereocenters. The number of nitrogen functional groups attached to an aromatic ring is 1. The van der Waals surface area contributed by atoms with Crippen molar-refractivity contribution in [1.82, 2.24) is 0 Å². The van der Waals surface area contributed by atoms with Gasteiger partial charge in [0.15, 0.2) is 0 Å². The number of rotatable bonds is 6. The van der Waals surface area contributed by atoms with Crippen molar-refractivity contribution in [2.45, 2.75) is 27.2 Å². The molecule has 0 heterocycles. The maximum absolute atomic E-state index is 5.85. The standard InChI is InChI=1S/C18H23NO2/c1-13-8-9-16(12-14(13)2)20-10-5-11-21-18-7-4-6-17(19)15(18)3/h4,6-9,12H,5,10-11,19H2,1-3H3. The number of anilines is 1. The van der Waals surface area contributed by atoms with Crippen LogP contribution in [-0.2, 0) is 0 Å². The fourth-order valence-corrected chi connectivity index (χ4v) is 2.02. The van der Waals surface area contributed by atoms with Crippen molar-refractivity contribution in [2.24, 2.45) is 0 Å². The molecular formula is C18H23NO2. The van der Waals surface area contributed by atoms with E-state index in [0.717, 1.165) is 29.2 Å².